The van der Waals surface area contributed by atoms with Crippen LogP contribution < -0.4 is 0 Å². The van der Waals surface area contributed by atoms with Crippen molar-refractivity contribution < 1.29 is 0 Å². The molecule has 4 heteroatoms. The van der Waals surface area contributed by atoms with Crippen molar-refractivity contribution in [3.8, 4) is 0 Å². The van der Waals surface area contributed by atoms with Gasteiger partial charge < -0.3 is 0 Å². The SMILES string of the molecule is Cc1c(N=N)cccc1N=O. The average Bonchev–Trinajstić information content (AvgIpc) is 2.05. The van der Waals surface area contributed by atoms with E-state index >= 15 is 0 Å². The molecule has 1 aromatic rings. The quantitative estimate of drug-likeness (QED) is 0.509. The first-order chi connectivity index (χ1) is 5.29. The van der Waals surface area contributed by atoms with Crippen molar-refractivity contribution in [3.05, 3.63) is 28.7 Å². The number of nitrogens with one attached hydrogen (secondary N) is 1. The first kappa shape index (κ1) is 7.53. The Labute approximate surface area is 63.7 Å². The van der Waals surface area contributed by atoms with Crippen LogP contribution in [0.25, 0.3) is 0 Å². The van der Waals surface area contributed by atoms with Gasteiger partial charge in [0, 0.05) is 5.56 Å². The van der Waals surface area contributed by atoms with Crippen LogP contribution in [0.3, 0.4) is 0 Å². The second-order valence-corrected chi connectivity index (χ2v) is 2.12. The lowest BCUT2D eigenvalue weighted by atomic mass is 10.2. The molecule has 0 unspecified atom stereocenters. The van der Waals surface area contributed by atoms with Crippen LogP contribution in [0, 0.1) is 17.4 Å². The molecule has 1 N–H and O–H groups in total. The third-order valence-electron chi connectivity index (χ3n) is 1.50. The lowest BCUT2D eigenvalue weighted by Gasteiger charge is -1.97. The molecule has 0 saturated carbocycles. The molecule has 0 aliphatic heterocycles. The minimum absolute atomic E-state index is 0.346. The predicted octanol–water partition coefficient (Wildman–Crippen LogP) is 3.06. The smallest absolute Gasteiger partial charge is 0.113 e. The maximum atomic E-state index is 10.1. The number of benzene rings is 1. The molecule has 0 fully saturated rings. The standard InChI is InChI=1S/C7H7N3O/c1-5-6(9-8)3-2-4-7(5)10-11/h2-4,8H,1H3. The van der Waals surface area contributed by atoms with Crippen LogP contribution in [-0.4, -0.2) is 0 Å². The molecule has 0 bridgehead atoms. The largest absolute Gasteiger partial charge is 0.204 e. The van der Waals surface area contributed by atoms with Gasteiger partial charge in [-0.3, -0.25) is 0 Å². The van der Waals surface area contributed by atoms with Gasteiger partial charge in [-0.15, -0.1) is 4.91 Å². The Bertz CT molecular complexity index is 269. The highest BCUT2D eigenvalue weighted by molar-refractivity contribution is 5.58. The van der Waals surface area contributed by atoms with Crippen LogP contribution in [0.5, 0.6) is 0 Å². The van der Waals surface area contributed by atoms with Gasteiger partial charge in [-0.1, -0.05) is 6.07 Å². The van der Waals surface area contributed by atoms with E-state index in [2.05, 4.69) is 10.3 Å². The second kappa shape index (κ2) is 3.01. The van der Waals surface area contributed by atoms with Crippen LogP contribution in [0.2, 0.25) is 0 Å². The summed E-state index contributed by atoms with van der Waals surface area (Å²) in [6.07, 6.45) is 0. The zero-order chi connectivity index (χ0) is 8.27. The third kappa shape index (κ3) is 1.29. The Morgan fingerprint density at radius 2 is 2.00 bits per heavy atom. The van der Waals surface area contributed by atoms with Crippen LogP contribution in [-0.2, 0) is 0 Å². The zero-order valence-electron chi connectivity index (χ0n) is 6.03. The average molecular weight is 149 g/mol. The van der Waals surface area contributed by atoms with E-state index in [0.29, 0.717) is 16.9 Å². The third-order valence-corrected chi connectivity index (χ3v) is 1.50. The molecule has 0 aliphatic carbocycles. The molecule has 1 rings (SSSR count). The summed E-state index contributed by atoms with van der Waals surface area (Å²) in [5, 5.41) is 6.02. The number of hydrogen-bond acceptors (Lipinski definition) is 4. The highest BCUT2D eigenvalue weighted by atomic mass is 16.3. The molecular formula is C7H7N3O. The van der Waals surface area contributed by atoms with Gasteiger partial charge in [-0.25, -0.2) is 5.53 Å². The van der Waals surface area contributed by atoms with Gasteiger partial charge in [0.15, 0.2) is 0 Å². The fourth-order valence-corrected chi connectivity index (χ4v) is 0.832. The molecule has 11 heavy (non-hydrogen) atoms. The lowest BCUT2D eigenvalue weighted by Crippen LogP contribution is -1.73. The molecule has 0 radical (unpaired) electrons. The van der Waals surface area contributed by atoms with Crippen molar-refractivity contribution in [3.63, 3.8) is 0 Å². The normalized spacial score (nSPS) is 9.18. The summed E-state index contributed by atoms with van der Waals surface area (Å²) < 4.78 is 0. The summed E-state index contributed by atoms with van der Waals surface area (Å²) in [5.41, 5.74) is 8.22. The Morgan fingerprint density at radius 1 is 1.36 bits per heavy atom. The molecule has 0 aliphatic rings. The second-order valence-electron chi connectivity index (χ2n) is 2.12. The van der Waals surface area contributed by atoms with Crippen molar-refractivity contribution in [1.29, 1.82) is 5.53 Å². The molecule has 0 atom stereocenters. The Morgan fingerprint density at radius 3 is 2.55 bits per heavy atom. The fraction of sp³-hybridized carbons (Fsp3) is 0.143. The lowest BCUT2D eigenvalue weighted by molar-refractivity contribution is 1.13. The van der Waals surface area contributed by atoms with E-state index in [1.54, 1.807) is 25.1 Å². The van der Waals surface area contributed by atoms with Gasteiger partial charge in [-0.05, 0) is 24.2 Å². The van der Waals surface area contributed by atoms with E-state index in [1.165, 1.54) is 0 Å². The monoisotopic (exact) mass is 149 g/mol. The van der Waals surface area contributed by atoms with Crippen molar-refractivity contribution in [2.24, 2.45) is 10.3 Å². The van der Waals surface area contributed by atoms with Gasteiger partial charge in [0.1, 0.15) is 5.69 Å². The van der Waals surface area contributed by atoms with Gasteiger partial charge >= 0.3 is 0 Å². The molecule has 1 aromatic carbocycles. The number of hydrogen-bond donors (Lipinski definition) is 1. The Balaban J connectivity index is 3.30. The van der Waals surface area contributed by atoms with Crippen molar-refractivity contribution >= 4 is 11.4 Å². The molecule has 56 valence electrons. The molecular weight excluding hydrogens is 142 g/mol. The van der Waals surface area contributed by atoms with Crippen LogP contribution in [0.1, 0.15) is 5.56 Å². The summed E-state index contributed by atoms with van der Waals surface area (Å²) in [7, 11) is 0. The Kier molecular flexibility index (Phi) is 2.06. The maximum absolute atomic E-state index is 10.1. The summed E-state index contributed by atoms with van der Waals surface area (Å²) in [6, 6.07) is 4.91. The van der Waals surface area contributed by atoms with Crippen molar-refractivity contribution in [2.45, 2.75) is 6.92 Å². The van der Waals surface area contributed by atoms with Crippen LogP contribution in [0.4, 0.5) is 11.4 Å². The topological polar surface area (TPSA) is 65.6 Å². The maximum Gasteiger partial charge on any atom is 0.113 e. The predicted molar refractivity (Wildman–Crippen MR) is 41.4 cm³/mol. The summed E-state index contributed by atoms with van der Waals surface area (Å²) in [5.74, 6) is 0. The number of nitroso groups, excluding NO2 is 1. The molecule has 0 spiro atoms. The summed E-state index contributed by atoms with van der Waals surface area (Å²) in [4.78, 5) is 10.1. The van der Waals surface area contributed by atoms with Gasteiger partial charge in [-0.2, -0.15) is 5.11 Å². The molecule has 0 aromatic heterocycles. The summed E-state index contributed by atoms with van der Waals surface area (Å²) >= 11 is 0. The van der Waals surface area contributed by atoms with Crippen molar-refractivity contribution in [1.82, 2.24) is 0 Å². The fourth-order valence-electron chi connectivity index (χ4n) is 0.832. The highest BCUT2D eigenvalue weighted by Crippen LogP contribution is 2.26. The highest BCUT2D eigenvalue weighted by Gasteiger charge is 2.01. The minimum Gasteiger partial charge on any atom is -0.204 e. The first-order valence-corrected chi connectivity index (χ1v) is 3.10. The van der Waals surface area contributed by atoms with E-state index in [-0.39, 0.29) is 0 Å². The molecule has 4 nitrogen and oxygen atoms in total. The summed E-state index contributed by atoms with van der Waals surface area (Å²) in [6.45, 7) is 1.71. The van der Waals surface area contributed by atoms with E-state index in [1.807, 2.05) is 0 Å². The number of rotatable bonds is 2. The van der Waals surface area contributed by atoms with Crippen LogP contribution >= 0.6 is 0 Å². The molecule has 0 heterocycles. The Hall–Kier alpha value is -1.58. The van der Waals surface area contributed by atoms with E-state index in [4.69, 9.17) is 5.53 Å². The minimum atomic E-state index is 0.346. The van der Waals surface area contributed by atoms with Crippen molar-refractivity contribution in [2.75, 3.05) is 0 Å². The van der Waals surface area contributed by atoms with Gasteiger partial charge in [0.2, 0.25) is 0 Å². The molecule has 0 amide bonds. The first-order valence-electron chi connectivity index (χ1n) is 3.10. The van der Waals surface area contributed by atoms with E-state index in [0.717, 1.165) is 0 Å². The molecule has 0 saturated heterocycles. The number of nitrogens with zero attached hydrogens (tertiary/aromatic N) is 2. The van der Waals surface area contributed by atoms with Gasteiger partial charge in [0.25, 0.3) is 0 Å². The zero-order valence-corrected chi connectivity index (χ0v) is 6.03. The van der Waals surface area contributed by atoms with Crippen LogP contribution in [0.15, 0.2) is 28.5 Å². The van der Waals surface area contributed by atoms with E-state index < -0.39 is 0 Å². The van der Waals surface area contributed by atoms with Gasteiger partial charge in [0.05, 0.1) is 5.69 Å². The van der Waals surface area contributed by atoms with E-state index in [9.17, 15) is 4.91 Å².